The summed E-state index contributed by atoms with van der Waals surface area (Å²) in [5.74, 6) is -0.534. The van der Waals surface area contributed by atoms with Crippen LogP contribution >= 0.6 is 23.1 Å². The number of carbonyl (C=O) groups is 4. The minimum Gasteiger partial charge on any atom is -0.445 e. The van der Waals surface area contributed by atoms with Gasteiger partial charge in [-0.25, -0.2) is 14.6 Å². The Hall–Kier alpha value is -4.42. The summed E-state index contributed by atoms with van der Waals surface area (Å²) in [5.41, 5.74) is 1.71. The first-order valence-electron chi connectivity index (χ1n) is 14.9. The summed E-state index contributed by atoms with van der Waals surface area (Å²) in [6, 6.07) is 24.2. The molecule has 0 radical (unpaired) electrons. The summed E-state index contributed by atoms with van der Waals surface area (Å²) in [6.07, 6.45) is -0.531. The van der Waals surface area contributed by atoms with Crippen LogP contribution in [-0.4, -0.2) is 52.4 Å². The lowest BCUT2D eigenvalue weighted by atomic mass is 10.0. The maximum Gasteiger partial charge on any atom is 0.408 e. The Morgan fingerprint density at radius 2 is 1.48 bits per heavy atom. The van der Waals surface area contributed by atoms with Crippen LogP contribution in [0, 0.1) is 0 Å². The van der Waals surface area contributed by atoms with Gasteiger partial charge in [-0.05, 0) is 68.6 Å². The molecular weight excluding hydrogens is 625 g/mol. The van der Waals surface area contributed by atoms with Crippen LogP contribution in [0.25, 0.3) is 10.2 Å². The smallest absolute Gasteiger partial charge is 0.408 e. The number of fused-ring (bicyclic) bond motifs is 1. The fourth-order valence-electron chi connectivity index (χ4n) is 4.35. The van der Waals surface area contributed by atoms with Crippen LogP contribution in [0.2, 0.25) is 0 Å². The predicted molar refractivity (Wildman–Crippen MR) is 180 cm³/mol. The van der Waals surface area contributed by atoms with Crippen LogP contribution in [0.1, 0.15) is 44.7 Å². The van der Waals surface area contributed by atoms with Crippen LogP contribution < -0.4 is 16.0 Å². The SMILES string of the molecule is CC(C)(C)OC(=O)N[C@H](Cc1ccccc1)C(=O)N[C@@H](CCCNC(=O)OCc1ccccc1)C(=O)Sc1nc2ccccc2s1. The number of thioether (sulfide) groups is 1. The molecule has 0 saturated carbocycles. The Morgan fingerprint density at radius 1 is 0.826 bits per heavy atom. The van der Waals surface area contributed by atoms with Gasteiger partial charge in [0, 0.05) is 13.0 Å². The lowest BCUT2D eigenvalue weighted by molar-refractivity contribution is -0.126. The number of nitrogens with one attached hydrogen (secondary N) is 3. The quantitative estimate of drug-likeness (QED) is 0.113. The van der Waals surface area contributed by atoms with E-state index < -0.39 is 35.8 Å². The van der Waals surface area contributed by atoms with E-state index in [-0.39, 0.29) is 31.1 Å². The zero-order valence-corrected chi connectivity index (χ0v) is 27.6. The Labute approximate surface area is 276 Å². The van der Waals surface area contributed by atoms with Gasteiger partial charge >= 0.3 is 12.2 Å². The molecule has 0 saturated heterocycles. The average Bonchev–Trinajstić information content (AvgIpc) is 3.43. The third-order valence-electron chi connectivity index (χ3n) is 6.50. The van der Waals surface area contributed by atoms with Crippen LogP contribution in [0.3, 0.4) is 0 Å². The normalized spacial score (nSPS) is 12.5. The third-order valence-corrected chi connectivity index (χ3v) is 8.59. The summed E-state index contributed by atoms with van der Waals surface area (Å²) in [5, 5.41) is 7.90. The molecule has 10 nitrogen and oxygen atoms in total. The van der Waals surface area contributed by atoms with Gasteiger partial charge in [0.15, 0.2) is 4.34 Å². The zero-order chi connectivity index (χ0) is 32.9. The predicted octanol–water partition coefficient (Wildman–Crippen LogP) is 6.24. The fourth-order valence-corrected chi connectivity index (χ4v) is 6.37. The second kappa shape index (κ2) is 16.8. The molecule has 4 rings (SSSR count). The van der Waals surface area contributed by atoms with Gasteiger partial charge in [0.05, 0.1) is 16.3 Å². The molecular formula is C34H38N4O6S2. The summed E-state index contributed by atoms with van der Waals surface area (Å²) in [7, 11) is 0. The van der Waals surface area contributed by atoms with Gasteiger partial charge in [-0.1, -0.05) is 72.8 Å². The van der Waals surface area contributed by atoms with E-state index in [0.717, 1.165) is 33.1 Å². The van der Waals surface area contributed by atoms with Crippen LogP contribution in [0.4, 0.5) is 9.59 Å². The number of aromatic nitrogens is 1. The van der Waals surface area contributed by atoms with E-state index in [1.807, 2.05) is 84.9 Å². The van der Waals surface area contributed by atoms with Gasteiger partial charge in [0.1, 0.15) is 18.2 Å². The molecule has 46 heavy (non-hydrogen) atoms. The van der Waals surface area contributed by atoms with Crippen molar-refractivity contribution in [3.63, 3.8) is 0 Å². The van der Waals surface area contributed by atoms with Gasteiger partial charge in [-0.15, -0.1) is 11.3 Å². The van der Waals surface area contributed by atoms with Crippen molar-refractivity contribution < 1.29 is 28.7 Å². The average molecular weight is 663 g/mol. The van der Waals surface area contributed by atoms with Crippen molar-refractivity contribution in [2.24, 2.45) is 0 Å². The lowest BCUT2D eigenvalue weighted by Gasteiger charge is -2.25. The lowest BCUT2D eigenvalue weighted by Crippen LogP contribution is -2.53. The minimum atomic E-state index is -1.01. The topological polar surface area (TPSA) is 136 Å². The second-order valence-electron chi connectivity index (χ2n) is 11.4. The highest BCUT2D eigenvalue weighted by Crippen LogP contribution is 2.31. The molecule has 0 aliphatic rings. The molecule has 1 aromatic heterocycles. The molecule has 0 aliphatic carbocycles. The van der Waals surface area contributed by atoms with Gasteiger partial charge in [0.25, 0.3) is 0 Å². The van der Waals surface area contributed by atoms with Gasteiger partial charge in [-0.2, -0.15) is 0 Å². The summed E-state index contributed by atoms with van der Waals surface area (Å²) in [6.45, 7) is 5.56. The highest BCUT2D eigenvalue weighted by Gasteiger charge is 2.29. The van der Waals surface area contributed by atoms with Crippen molar-refractivity contribution >= 4 is 56.5 Å². The van der Waals surface area contributed by atoms with Crippen molar-refractivity contribution in [2.75, 3.05) is 6.54 Å². The first kappa shape index (κ1) is 34.5. The number of ether oxygens (including phenoxy) is 2. The third kappa shape index (κ3) is 11.5. The molecule has 0 aliphatic heterocycles. The van der Waals surface area contributed by atoms with Crippen molar-refractivity contribution in [2.45, 2.75) is 68.7 Å². The molecule has 0 bridgehead atoms. The van der Waals surface area contributed by atoms with Crippen LogP contribution in [0.15, 0.2) is 89.3 Å². The summed E-state index contributed by atoms with van der Waals surface area (Å²) < 4.78 is 12.2. The maximum atomic E-state index is 13.7. The number of hydrogen-bond acceptors (Lipinski definition) is 9. The Kier molecular flexibility index (Phi) is 12.6. The monoisotopic (exact) mass is 662 g/mol. The first-order chi connectivity index (χ1) is 22.1. The molecule has 3 amide bonds. The molecule has 0 fully saturated rings. The zero-order valence-electron chi connectivity index (χ0n) is 26.0. The minimum absolute atomic E-state index is 0.135. The summed E-state index contributed by atoms with van der Waals surface area (Å²) in [4.78, 5) is 56.7. The van der Waals surface area contributed by atoms with Crippen molar-refractivity contribution in [1.82, 2.24) is 20.9 Å². The molecule has 12 heteroatoms. The van der Waals surface area contributed by atoms with E-state index in [0.29, 0.717) is 10.8 Å². The molecule has 242 valence electrons. The Morgan fingerprint density at radius 3 is 2.15 bits per heavy atom. The largest absolute Gasteiger partial charge is 0.445 e. The second-order valence-corrected chi connectivity index (χ2v) is 13.7. The number of para-hydroxylation sites is 1. The first-order valence-corrected chi connectivity index (χ1v) is 16.5. The Bertz CT molecular complexity index is 1580. The van der Waals surface area contributed by atoms with Gasteiger partial charge in [-0.3, -0.25) is 9.59 Å². The van der Waals surface area contributed by atoms with Gasteiger partial charge < -0.3 is 25.4 Å². The number of thiazole rings is 1. The number of alkyl carbamates (subject to hydrolysis) is 2. The highest BCUT2D eigenvalue weighted by molar-refractivity contribution is 8.15. The number of rotatable bonds is 13. The molecule has 2 atom stereocenters. The number of amides is 3. The van der Waals surface area contributed by atoms with E-state index in [4.69, 9.17) is 9.47 Å². The standard InChI is InChI=1S/C34H38N4O6S2/c1-34(2,3)44-32(42)37-27(21-23-13-6-4-7-14-23)29(39)36-26(30(40)46-33-38-25-17-10-11-19-28(25)45-33)18-12-20-35-31(41)43-22-24-15-8-5-9-16-24/h4-11,13-17,19,26-27H,12,18,20-22H2,1-3H3,(H,35,41)(H,36,39)(H,37,42)/t26-,27+/m0/s1. The van der Waals surface area contributed by atoms with Crippen LogP contribution in [0.5, 0.6) is 0 Å². The molecule has 0 spiro atoms. The fraction of sp³-hybridized carbons (Fsp3) is 0.324. The molecule has 1 heterocycles. The number of carbonyl (C=O) groups excluding carboxylic acids is 4. The molecule has 0 unspecified atom stereocenters. The molecule has 3 N–H and O–H groups in total. The number of hydrogen-bond donors (Lipinski definition) is 3. The van der Waals surface area contributed by atoms with E-state index in [2.05, 4.69) is 20.9 Å². The number of nitrogens with zero attached hydrogens (tertiary/aromatic N) is 1. The van der Waals surface area contributed by atoms with E-state index in [9.17, 15) is 19.2 Å². The molecule has 4 aromatic rings. The number of benzene rings is 3. The Balaban J connectivity index is 1.43. The summed E-state index contributed by atoms with van der Waals surface area (Å²) >= 11 is 2.35. The van der Waals surface area contributed by atoms with Crippen molar-refractivity contribution in [3.05, 3.63) is 96.1 Å². The van der Waals surface area contributed by atoms with E-state index >= 15 is 0 Å². The highest BCUT2D eigenvalue weighted by atomic mass is 32.2. The van der Waals surface area contributed by atoms with E-state index in [1.54, 1.807) is 20.8 Å². The van der Waals surface area contributed by atoms with E-state index in [1.165, 1.54) is 11.3 Å². The van der Waals surface area contributed by atoms with Gasteiger partial charge in [0.2, 0.25) is 11.0 Å². The molecule has 3 aromatic carbocycles. The van der Waals surface area contributed by atoms with Crippen LogP contribution in [-0.2, 0) is 32.1 Å². The maximum absolute atomic E-state index is 13.7. The van der Waals surface area contributed by atoms with Crippen molar-refractivity contribution in [1.29, 1.82) is 0 Å². The van der Waals surface area contributed by atoms with Crippen molar-refractivity contribution in [3.8, 4) is 0 Å².